The average molecular weight is 286 g/mol. The fourth-order valence-electron chi connectivity index (χ4n) is 2.04. The van der Waals surface area contributed by atoms with E-state index in [0.717, 1.165) is 12.0 Å². The highest BCUT2D eigenvalue weighted by atomic mass is 16.2. The maximum absolute atomic E-state index is 12.1. The standard InChI is InChI=1S/C16H18N2O3/c1-11-8-15(20)14(10-17-11)16(21)18-13-6-2-4-12(9-13)5-3-7-19/h2,4,6,8-10,19H,3,5,7H2,1H3,(H,17,20)(H,18,21). The number of aromatic amines is 1. The minimum atomic E-state index is -0.435. The van der Waals surface area contributed by atoms with Gasteiger partial charge in [-0.1, -0.05) is 12.1 Å². The summed E-state index contributed by atoms with van der Waals surface area (Å²) in [5.41, 5.74) is 2.15. The van der Waals surface area contributed by atoms with Gasteiger partial charge in [-0.25, -0.2) is 0 Å². The maximum Gasteiger partial charge on any atom is 0.261 e. The number of aryl methyl sites for hydroxylation is 2. The van der Waals surface area contributed by atoms with E-state index >= 15 is 0 Å². The summed E-state index contributed by atoms with van der Waals surface area (Å²) < 4.78 is 0. The van der Waals surface area contributed by atoms with Gasteiger partial charge in [0, 0.05) is 30.3 Å². The van der Waals surface area contributed by atoms with Gasteiger partial charge in [-0.2, -0.15) is 0 Å². The van der Waals surface area contributed by atoms with Crippen molar-refractivity contribution in [1.29, 1.82) is 0 Å². The van der Waals surface area contributed by atoms with Gasteiger partial charge >= 0.3 is 0 Å². The van der Waals surface area contributed by atoms with Gasteiger partial charge in [0.1, 0.15) is 5.56 Å². The number of H-pyrrole nitrogens is 1. The van der Waals surface area contributed by atoms with Crippen LogP contribution in [-0.4, -0.2) is 22.6 Å². The Kier molecular flexibility index (Phi) is 4.90. The van der Waals surface area contributed by atoms with Gasteiger partial charge in [0.05, 0.1) is 0 Å². The van der Waals surface area contributed by atoms with Crippen molar-refractivity contribution in [2.45, 2.75) is 19.8 Å². The summed E-state index contributed by atoms with van der Waals surface area (Å²) in [7, 11) is 0. The van der Waals surface area contributed by atoms with E-state index in [2.05, 4.69) is 10.3 Å². The fraction of sp³-hybridized carbons (Fsp3) is 0.250. The number of hydrogen-bond donors (Lipinski definition) is 3. The monoisotopic (exact) mass is 286 g/mol. The lowest BCUT2D eigenvalue weighted by molar-refractivity contribution is 0.102. The third kappa shape index (κ3) is 4.03. The second-order valence-corrected chi connectivity index (χ2v) is 4.88. The van der Waals surface area contributed by atoms with Crippen molar-refractivity contribution in [2.75, 3.05) is 11.9 Å². The first kappa shape index (κ1) is 15.0. The Hall–Kier alpha value is -2.40. The van der Waals surface area contributed by atoms with Crippen molar-refractivity contribution in [1.82, 2.24) is 4.98 Å². The van der Waals surface area contributed by atoms with Crippen molar-refractivity contribution in [3.05, 3.63) is 63.6 Å². The number of nitrogens with one attached hydrogen (secondary N) is 2. The lowest BCUT2D eigenvalue weighted by Gasteiger charge is -2.07. The predicted octanol–water partition coefficient (Wildman–Crippen LogP) is 1.86. The quantitative estimate of drug-likeness (QED) is 0.784. The van der Waals surface area contributed by atoms with Crippen LogP contribution in [0.4, 0.5) is 5.69 Å². The van der Waals surface area contributed by atoms with Crippen LogP contribution in [0.25, 0.3) is 0 Å². The molecule has 0 aliphatic heterocycles. The summed E-state index contributed by atoms with van der Waals surface area (Å²) in [4.78, 5) is 26.7. The zero-order valence-electron chi connectivity index (χ0n) is 11.8. The van der Waals surface area contributed by atoms with Crippen molar-refractivity contribution in [3.63, 3.8) is 0 Å². The van der Waals surface area contributed by atoms with Crippen LogP contribution in [-0.2, 0) is 6.42 Å². The van der Waals surface area contributed by atoms with E-state index in [0.29, 0.717) is 17.8 Å². The number of pyridine rings is 1. The second-order valence-electron chi connectivity index (χ2n) is 4.88. The number of hydrogen-bond acceptors (Lipinski definition) is 3. The molecule has 2 rings (SSSR count). The van der Waals surface area contributed by atoms with E-state index in [4.69, 9.17) is 5.11 Å². The van der Waals surface area contributed by atoms with Crippen LogP contribution in [0.1, 0.15) is 28.0 Å². The summed E-state index contributed by atoms with van der Waals surface area (Å²) in [6.07, 6.45) is 2.84. The van der Waals surface area contributed by atoms with Gasteiger partial charge < -0.3 is 15.4 Å². The second kappa shape index (κ2) is 6.85. The first-order valence-electron chi connectivity index (χ1n) is 6.80. The van der Waals surface area contributed by atoms with E-state index < -0.39 is 5.91 Å². The molecule has 0 saturated heterocycles. The van der Waals surface area contributed by atoms with E-state index in [9.17, 15) is 9.59 Å². The molecule has 3 N–H and O–H groups in total. The van der Waals surface area contributed by atoms with Crippen LogP contribution in [0.15, 0.2) is 41.3 Å². The van der Waals surface area contributed by atoms with Crippen molar-refractivity contribution in [3.8, 4) is 0 Å². The third-order valence-electron chi connectivity index (χ3n) is 3.11. The molecule has 0 unspecified atom stereocenters. The van der Waals surface area contributed by atoms with Gasteiger partial charge in [0.2, 0.25) is 0 Å². The molecule has 0 atom stereocenters. The van der Waals surface area contributed by atoms with Crippen molar-refractivity contribution < 1.29 is 9.90 Å². The largest absolute Gasteiger partial charge is 0.396 e. The molecule has 1 aromatic heterocycles. The summed E-state index contributed by atoms with van der Waals surface area (Å²) >= 11 is 0. The highest BCUT2D eigenvalue weighted by molar-refractivity contribution is 6.04. The molecule has 110 valence electrons. The number of benzene rings is 1. The molecular weight excluding hydrogens is 268 g/mol. The van der Waals surface area contributed by atoms with Crippen LogP contribution < -0.4 is 10.7 Å². The molecular formula is C16H18N2O3. The molecule has 21 heavy (non-hydrogen) atoms. The highest BCUT2D eigenvalue weighted by Gasteiger charge is 2.10. The van der Waals surface area contributed by atoms with Gasteiger partial charge in [-0.05, 0) is 37.5 Å². The number of carbonyl (C=O) groups is 1. The Morgan fingerprint density at radius 1 is 1.33 bits per heavy atom. The number of carbonyl (C=O) groups excluding carboxylic acids is 1. The van der Waals surface area contributed by atoms with Gasteiger partial charge in [0.25, 0.3) is 5.91 Å². The number of aliphatic hydroxyl groups is 1. The minimum absolute atomic E-state index is 0.0846. The molecule has 5 nitrogen and oxygen atoms in total. The predicted molar refractivity (Wildman–Crippen MR) is 81.6 cm³/mol. The van der Waals surface area contributed by atoms with Gasteiger partial charge in [-0.15, -0.1) is 0 Å². The minimum Gasteiger partial charge on any atom is -0.396 e. The molecule has 0 saturated carbocycles. The Labute approximate surface area is 122 Å². The molecule has 0 aliphatic rings. The zero-order valence-corrected chi connectivity index (χ0v) is 11.8. The maximum atomic E-state index is 12.1. The van der Waals surface area contributed by atoms with Gasteiger partial charge in [-0.3, -0.25) is 9.59 Å². The Morgan fingerprint density at radius 2 is 2.14 bits per heavy atom. The Morgan fingerprint density at radius 3 is 2.86 bits per heavy atom. The van der Waals surface area contributed by atoms with Crippen LogP contribution in [0.5, 0.6) is 0 Å². The summed E-state index contributed by atoms with van der Waals surface area (Å²) in [5.74, 6) is -0.435. The van der Waals surface area contributed by atoms with E-state index in [1.807, 2.05) is 18.2 Å². The van der Waals surface area contributed by atoms with Crippen LogP contribution in [0.2, 0.25) is 0 Å². The molecule has 0 aliphatic carbocycles. The first-order valence-corrected chi connectivity index (χ1v) is 6.80. The molecule has 5 heteroatoms. The summed E-state index contributed by atoms with van der Waals surface area (Å²) in [6.45, 7) is 1.89. The summed E-state index contributed by atoms with van der Waals surface area (Å²) in [5, 5.41) is 11.5. The number of aromatic nitrogens is 1. The van der Waals surface area contributed by atoms with E-state index in [1.54, 1.807) is 13.0 Å². The molecule has 1 amide bonds. The number of rotatable bonds is 5. The number of amides is 1. The Bertz CT molecular complexity index is 692. The topological polar surface area (TPSA) is 82.2 Å². The Balaban J connectivity index is 2.14. The number of anilines is 1. The molecule has 1 heterocycles. The third-order valence-corrected chi connectivity index (χ3v) is 3.11. The lowest BCUT2D eigenvalue weighted by Crippen LogP contribution is -2.21. The normalized spacial score (nSPS) is 10.4. The van der Waals surface area contributed by atoms with Crippen molar-refractivity contribution in [2.24, 2.45) is 0 Å². The average Bonchev–Trinajstić information content (AvgIpc) is 2.45. The molecule has 2 aromatic rings. The molecule has 0 spiro atoms. The first-order chi connectivity index (χ1) is 10.1. The van der Waals surface area contributed by atoms with E-state index in [-0.39, 0.29) is 17.6 Å². The molecule has 0 fully saturated rings. The van der Waals surface area contributed by atoms with Crippen molar-refractivity contribution >= 4 is 11.6 Å². The summed E-state index contributed by atoms with van der Waals surface area (Å²) in [6, 6.07) is 8.77. The molecule has 1 aromatic carbocycles. The molecule has 0 radical (unpaired) electrons. The zero-order chi connectivity index (χ0) is 15.2. The van der Waals surface area contributed by atoms with Gasteiger partial charge in [0.15, 0.2) is 5.43 Å². The molecule has 0 bridgehead atoms. The highest BCUT2D eigenvalue weighted by Crippen LogP contribution is 2.13. The number of aliphatic hydroxyl groups excluding tert-OH is 1. The van der Waals surface area contributed by atoms with Crippen LogP contribution >= 0.6 is 0 Å². The SMILES string of the molecule is Cc1cc(=O)c(C(=O)Nc2cccc(CCCO)c2)c[nH]1. The smallest absolute Gasteiger partial charge is 0.261 e. The lowest BCUT2D eigenvalue weighted by atomic mass is 10.1. The van der Waals surface area contributed by atoms with E-state index in [1.165, 1.54) is 12.3 Å². The van der Waals surface area contributed by atoms with Crippen LogP contribution in [0, 0.1) is 6.92 Å². The fourth-order valence-corrected chi connectivity index (χ4v) is 2.04. The van der Waals surface area contributed by atoms with Crippen LogP contribution in [0.3, 0.4) is 0 Å².